The van der Waals surface area contributed by atoms with Gasteiger partial charge in [0.05, 0.1) is 5.92 Å². The van der Waals surface area contributed by atoms with E-state index < -0.39 is 5.97 Å². The molecule has 10 heteroatoms. The maximum atomic E-state index is 11.6. The zero-order valence-electron chi connectivity index (χ0n) is 21.6. The van der Waals surface area contributed by atoms with Gasteiger partial charge in [-0.05, 0) is 80.3 Å². The van der Waals surface area contributed by atoms with Crippen molar-refractivity contribution in [2.45, 2.75) is 50.3 Å². The summed E-state index contributed by atoms with van der Waals surface area (Å²) in [5.74, 6) is -0.112. The van der Waals surface area contributed by atoms with Crippen molar-refractivity contribution < 1.29 is 19.5 Å². The summed E-state index contributed by atoms with van der Waals surface area (Å²) in [6.45, 7) is 4.08. The first kappa shape index (κ1) is 28.5. The van der Waals surface area contributed by atoms with Gasteiger partial charge in [0.25, 0.3) is 0 Å². The van der Waals surface area contributed by atoms with Crippen LogP contribution in [0.2, 0.25) is 0 Å². The number of fused-ring (bicyclic) bond motifs is 1. The summed E-state index contributed by atoms with van der Waals surface area (Å²) in [5.41, 5.74) is 3.66. The van der Waals surface area contributed by atoms with E-state index in [4.69, 9.17) is 5.11 Å². The highest BCUT2D eigenvalue weighted by Gasteiger charge is 2.33. The van der Waals surface area contributed by atoms with Gasteiger partial charge in [-0.1, -0.05) is 18.2 Å². The lowest BCUT2D eigenvalue weighted by molar-refractivity contribution is -0.139. The Labute approximate surface area is 222 Å². The first-order valence-electron chi connectivity index (χ1n) is 12.8. The quantitative estimate of drug-likeness (QED) is 0.275. The number of carbonyl (C=O) groups is 3. The van der Waals surface area contributed by atoms with E-state index in [0.717, 1.165) is 48.6 Å². The minimum Gasteiger partial charge on any atom is -0.480 e. The van der Waals surface area contributed by atoms with Gasteiger partial charge < -0.3 is 21.1 Å². The summed E-state index contributed by atoms with van der Waals surface area (Å²) >= 11 is 1.63. The molecule has 2 aromatic rings. The first-order valence-corrected chi connectivity index (χ1v) is 13.5. The molecule has 0 atom stereocenters. The van der Waals surface area contributed by atoms with Crippen molar-refractivity contribution in [1.82, 2.24) is 19.9 Å². The van der Waals surface area contributed by atoms with E-state index in [1.807, 2.05) is 25.1 Å². The molecule has 0 aliphatic carbocycles. The number of rotatable bonds is 10. The molecule has 0 spiro atoms. The predicted octanol–water partition coefficient (Wildman–Crippen LogP) is 3.03. The number of carboxylic acids is 1. The number of nitrogens with one attached hydrogen (secondary N) is 3. The Morgan fingerprint density at radius 1 is 1.19 bits per heavy atom. The van der Waals surface area contributed by atoms with Crippen LogP contribution in [0.4, 0.5) is 5.82 Å². The van der Waals surface area contributed by atoms with Crippen LogP contribution < -0.4 is 16.0 Å². The molecule has 4 rings (SSSR count). The van der Waals surface area contributed by atoms with Gasteiger partial charge in [-0.15, -0.1) is 0 Å². The number of benzene rings is 1. The van der Waals surface area contributed by atoms with Crippen LogP contribution >= 0.6 is 11.9 Å². The van der Waals surface area contributed by atoms with Crippen LogP contribution in [-0.2, 0) is 27.2 Å². The molecule has 2 aliphatic heterocycles. The summed E-state index contributed by atoms with van der Waals surface area (Å²) in [5, 5.41) is 16.9. The molecule has 2 amide bonds. The number of carbonyl (C=O) groups excluding carboxylic acids is 2. The van der Waals surface area contributed by atoms with Gasteiger partial charge in [0.2, 0.25) is 11.8 Å². The van der Waals surface area contributed by atoms with Crippen molar-refractivity contribution in [3.05, 3.63) is 53.2 Å². The lowest BCUT2D eigenvalue weighted by atomic mass is 10.0. The number of hydrogen-bond donors (Lipinski definition) is 4. The van der Waals surface area contributed by atoms with E-state index >= 15 is 0 Å². The molecule has 1 fully saturated rings. The molecule has 9 nitrogen and oxygen atoms in total. The van der Waals surface area contributed by atoms with Gasteiger partial charge >= 0.3 is 5.97 Å². The fourth-order valence-electron chi connectivity index (χ4n) is 4.03. The standard InChI is InChI=1S/C14H21N3O.C13H16N2O3S/c1-15-13(18)7-3-2-6-12-9-8-11-5-4-10-16-14(11)17-12;1-9-3-2-4-11(5-9)19-15-7-10(8-15)13(18)14-6-12(16)17/h8-9H,2-7,10H2,1H3,(H,15,18)(H,16,17);2-5,10H,6-8H2,1H3,(H,14,18)(H,16,17). The monoisotopic (exact) mass is 527 g/mol. The van der Waals surface area contributed by atoms with Gasteiger partial charge in [0.15, 0.2) is 0 Å². The molecule has 2 aliphatic rings. The Hall–Kier alpha value is -3.11. The average molecular weight is 528 g/mol. The van der Waals surface area contributed by atoms with E-state index in [1.54, 1.807) is 19.0 Å². The second kappa shape index (κ2) is 14.6. The average Bonchev–Trinajstić information content (AvgIpc) is 2.87. The van der Waals surface area contributed by atoms with Crippen LogP contribution in [0.15, 0.2) is 41.3 Å². The van der Waals surface area contributed by atoms with Crippen LogP contribution in [0.1, 0.15) is 42.5 Å². The molecule has 1 aromatic heterocycles. The number of unbranched alkanes of at least 4 members (excludes halogenated alkanes) is 1. The number of hydrogen-bond acceptors (Lipinski definition) is 7. The number of pyridine rings is 1. The number of carboxylic acid groups (broad SMARTS) is 1. The molecular formula is C27H37N5O4S. The van der Waals surface area contributed by atoms with Crippen LogP contribution in [0, 0.1) is 12.8 Å². The Morgan fingerprint density at radius 2 is 2.00 bits per heavy atom. The van der Waals surface area contributed by atoms with E-state index in [0.29, 0.717) is 19.5 Å². The number of anilines is 1. The van der Waals surface area contributed by atoms with Crippen molar-refractivity contribution >= 4 is 35.5 Å². The second-order valence-electron chi connectivity index (χ2n) is 9.28. The summed E-state index contributed by atoms with van der Waals surface area (Å²) in [6, 6.07) is 12.5. The molecule has 0 saturated carbocycles. The largest absolute Gasteiger partial charge is 0.480 e. The SMILES string of the molecule is CNC(=O)CCCCc1ccc2c(n1)NCCC2.Cc1cccc(SN2CC(C(=O)NCC(=O)O)C2)c1. The minimum absolute atomic E-state index is 0.100. The van der Waals surface area contributed by atoms with Crippen molar-refractivity contribution in [2.75, 3.05) is 38.5 Å². The van der Waals surface area contributed by atoms with Gasteiger partial charge in [-0.3, -0.25) is 14.4 Å². The topological polar surface area (TPSA) is 124 Å². The lowest BCUT2D eigenvalue weighted by Gasteiger charge is -2.36. The molecule has 0 unspecified atom stereocenters. The molecule has 0 bridgehead atoms. The molecule has 3 heterocycles. The molecule has 4 N–H and O–H groups in total. The third-order valence-electron chi connectivity index (χ3n) is 6.17. The summed E-state index contributed by atoms with van der Waals surface area (Å²) in [6.07, 6.45) is 5.82. The van der Waals surface area contributed by atoms with E-state index in [-0.39, 0.29) is 24.3 Å². The highest BCUT2D eigenvalue weighted by atomic mass is 32.2. The Bertz CT molecular complexity index is 1070. The van der Waals surface area contributed by atoms with Crippen LogP contribution in [0.25, 0.3) is 0 Å². The highest BCUT2D eigenvalue weighted by Crippen LogP contribution is 2.30. The number of amides is 2. The van der Waals surface area contributed by atoms with E-state index in [1.165, 1.54) is 17.5 Å². The fourth-order valence-corrected chi connectivity index (χ4v) is 5.22. The van der Waals surface area contributed by atoms with Gasteiger partial charge in [-0.25, -0.2) is 9.29 Å². The van der Waals surface area contributed by atoms with Crippen LogP contribution in [0.3, 0.4) is 0 Å². The normalized spacial score (nSPS) is 14.8. The Balaban J connectivity index is 0.000000206. The summed E-state index contributed by atoms with van der Waals surface area (Å²) < 4.78 is 2.10. The van der Waals surface area contributed by atoms with Gasteiger partial charge in [-0.2, -0.15) is 0 Å². The fraction of sp³-hybridized carbons (Fsp3) is 0.481. The molecule has 1 aromatic carbocycles. The van der Waals surface area contributed by atoms with Gasteiger partial charge in [0, 0.05) is 43.7 Å². The molecular weight excluding hydrogens is 490 g/mol. The Morgan fingerprint density at radius 3 is 2.73 bits per heavy atom. The maximum Gasteiger partial charge on any atom is 0.322 e. The van der Waals surface area contributed by atoms with Crippen molar-refractivity contribution in [2.24, 2.45) is 5.92 Å². The molecule has 200 valence electrons. The smallest absolute Gasteiger partial charge is 0.322 e. The minimum atomic E-state index is -1.02. The molecule has 1 saturated heterocycles. The number of nitrogens with zero attached hydrogens (tertiary/aromatic N) is 2. The van der Waals surface area contributed by atoms with Gasteiger partial charge in [0.1, 0.15) is 12.4 Å². The number of aromatic nitrogens is 1. The van der Waals surface area contributed by atoms with Crippen LogP contribution in [-0.4, -0.2) is 65.4 Å². The maximum absolute atomic E-state index is 11.6. The van der Waals surface area contributed by atoms with Crippen molar-refractivity contribution in [3.63, 3.8) is 0 Å². The molecule has 0 radical (unpaired) electrons. The highest BCUT2D eigenvalue weighted by molar-refractivity contribution is 7.97. The first-order chi connectivity index (χ1) is 17.8. The van der Waals surface area contributed by atoms with Crippen molar-refractivity contribution in [1.29, 1.82) is 0 Å². The lowest BCUT2D eigenvalue weighted by Crippen LogP contribution is -2.51. The van der Waals surface area contributed by atoms with Crippen LogP contribution in [0.5, 0.6) is 0 Å². The third kappa shape index (κ3) is 9.70. The van der Waals surface area contributed by atoms with E-state index in [9.17, 15) is 14.4 Å². The summed E-state index contributed by atoms with van der Waals surface area (Å²) in [4.78, 5) is 38.8. The van der Waals surface area contributed by atoms with E-state index in [2.05, 4.69) is 43.4 Å². The zero-order chi connectivity index (χ0) is 26.6. The Kier molecular flexibility index (Phi) is 11.2. The number of aliphatic carboxylic acids is 1. The zero-order valence-corrected chi connectivity index (χ0v) is 22.4. The molecule has 37 heavy (non-hydrogen) atoms. The predicted molar refractivity (Wildman–Crippen MR) is 145 cm³/mol. The third-order valence-corrected chi connectivity index (χ3v) is 7.20. The second-order valence-corrected chi connectivity index (χ2v) is 10.5. The van der Waals surface area contributed by atoms with Crippen molar-refractivity contribution in [3.8, 4) is 0 Å². The number of aryl methyl sites for hydroxylation is 3. The summed E-state index contributed by atoms with van der Waals surface area (Å²) in [7, 11) is 1.68.